The molecule has 2 rings (SSSR count). The summed E-state index contributed by atoms with van der Waals surface area (Å²) >= 11 is 1.45. The molecule has 27 heavy (non-hydrogen) atoms. The molecule has 0 aromatic heterocycles. The minimum Gasteiger partial charge on any atom is -0.481 e. The summed E-state index contributed by atoms with van der Waals surface area (Å²) in [7, 11) is 0. The van der Waals surface area contributed by atoms with Crippen LogP contribution in [0.5, 0.6) is 0 Å². The third kappa shape index (κ3) is 6.71. The van der Waals surface area contributed by atoms with Gasteiger partial charge in [-0.3, -0.25) is 19.2 Å². The number of ketones is 2. The Kier molecular flexibility index (Phi) is 7.31. The van der Waals surface area contributed by atoms with Crippen molar-refractivity contribution in [3.8, 4) is 0 Å². The van der Waals surface area contributed by atoms with Crippen LogP contribution in [0.4, 0.5) is 0 Å². The van der Waals surface area contributed by atoms with Crippen LogP contribution in [0.2, 0.25) is 0 Å². The third-order valence-corrected chi connectivity index (χ3v) is 4.74. The molecule has 0 atom stereocenters. The molecule has 0 bridgehead atoms. The number of carbonyl (C=O) groups is 4. The molecule has 2 N–H and O–H groups in total. The molecule has 7 heteroatoms. The fraction of sp³-hybridized carbons (Fsp3) is 0.200. The second-order valence-electron chi connectivity index (χ2n) is 5.78. The van der Waals surface area contributed by atoms with Crippen molar-refractivity contribution in [2.45, 2.75) is 35.5 Å². The van der Waals surface area contributed by atoms with Crippen LogP contribution in [0.15, 0.2) is 58.3 Å². The molecule has 0 aliphatic rings. The first kappa shape index (κ1) is 20.4. The van der Waals surface area contributed by atoms with E-state index in [1.807, 2.05) is 0 Å². The molecule has 0 heterocycles. The molecule has 0 unspecified atom stereocenters. The van der Waals surface area contributed by atoms with Crippen LogP contribution >= 0.6 is 11.8 Å². The zero-order chi connectivity index (χ0) is 19.8. The summed E-state index contributed by atoms with van der Waals surface area (Å²) in [4.78, 5) is 46.6. The van der Waals surface area contributed by atoms with Gasteiger partial charge in [0.2, 0.25) is 0 Å². The highest BCUT2D eigenvalue weighted by atomic mass is 32.2. The van der Waals surface area contributed by atoms with Crippen molar-refractivity contribution < 1.29 is 29.4 Å². The topological polar surface area (TPSA) is 109 Å². The summed E-state index contributed by atoms with van der Waals surface area (Å²) in [5, 5.41) is 17.2. The summed E-state index contributed by atoms with van der Waals surface area (Å²) in [6, 6.07) is 13.8. The number of carboxylic acid groups (broad SMARTS) is 2. The molecule has 140 valence electrons. The van der Waals surface area contributed by atoms with Crippen molar-refractivity contribution in [2.24, 2.45) is 0 Å². The van der Waals surface area contributed by atoms with Crippen molar-refractivity contribution in [1.29, 1.82) is 0 Å². The molecule has 2 aromatic carbocycles. The first-order chi connectivity index (χ1) is 12.8. The molecular weight excluding hydrogens is 368 g/mol. The first-order valence-corrected chi connectivity index (χ1v) is 9.05. The lowest BCUT2D eigenvalue weighted by Crippen LogP contribution is -2.03. The minimum atomic E-state index is -1.000. The van der Waals surface area contributed by atoms with Gasteiger partial charge in [0, 0.05) is 33.8 Å². The number of carboxylic acids is 2. The number of benzene rings is 2. The van der Waals surface area contributed by atoms with Gasteiger partial charge in [-0.15, -0.1) is 0 Å². The maximum absolute atomic E-state index is 11.9. The van der Waals surface area contributed by atoms with Gasteiger partial charge in [-0.25, -0.2) is 0 Å². The summed E-state index contributed by atoms with van der Waals surface area (Å²) in [5.41, 5.74) is 0.944. The van der Waals surface area contributed by atoms with E-state index in [2.05, 4.69) is 0 Å². The Hall–Kier alpha value is -2.93. The van der Waals surface area contributed by atoms with Crippen LogP contribution in [0.3, 0.4) is 0 Å². The van der Waals surface area contributed by atoms with Crippen LogP contribution in [0.1, 0.15) is 46.4 Å². The van der Waals surface area contributed by atoms with Crippen molar-refractivity contribution >= 4 is 35.3 Å². The Balaban J connectivity index is 1.95. The van der Waals surface area contributed by atoms with Gasteiger partial charge in [-0.2, -0.15) is 0 Å². The monoisotopic (exact) mass is 386 g/mol. The number of Topliss-reactive ketones (excluding diaryl/α,β-unsaturated/α-hetero) is 2. The van der Waals surface area contributed by atoms with E-state index in [1.54, 1.807) is 48.5 Å². The largest absolute Gasteiger partial charge is 0.481 e. The number of hydrogen-bond acceptors (Lipinski definition) is 5. The summed E-state index contributed by atoms with van der Waals surface area (Å²) in [6.45, 7) is 0. The zero-order valence-corrected chi connectivity index (χ0v) is 15.2. The lowest BCUT2D eigenvalue weighted by molar-refractivity contribution is -0.137. The second kappa shape index (κ2) is 9.68. The molecule has 6 nitrogen and oxygen atoms in total. The molecule has 0 aliphatic heterocycles. The summed E-state index contributed by atoms with van der Waals surface area (Å²) in [5.74, 6) is -2.42. The van der Waals surface area contributed by atoms with E-state index >= 15 is 0 Å². The quantitative estimate of drug-likeness (QED) is 0.595. The average molecular weight is 386 g/mol. The van der Waals surface area contributed by atoms with Crippen LogP contribution in [0.25, 0.3) is 0 Å². The fourth-order valence-corrected chi connectivity index (χ4v) is 3.10. The van der Waals surface area contributed by atoms with Gasteiger partial charge in [0.05, 0.1) is 12.8 Å². The smallest absolute Gasteiger partial charge is 0.303 e. The molecule has 0 saturated heterocycles. The SMILES string of the molecule is O=C(O)CCC(=O)c1ccc(Sc2ccc(C(=O)CCC(=O)O)cc2)cc1. The normalized spacial score (nSPS) is 10.4. The Bertz CT molecular complexity index is 768. The van der Waals surface area contributed by atoms with E-state index in [0.717, 1.165) is 9.79 Å². The molecule has 2 aromatic rings. The standard InChI is InChI=1S/C20H18O6S/c21-17(9-11-19(23)24)13-1-5-15(6-2-13)27-16-7-3-14(4-8-16)18(22)10-12-20(25)26/h1-8H,9-12H2,(H,23,24)(H,25,26). The number of hydrogen-bond donors (Lipinski definition) is 2. The van der Waals surface area contributed by atoms with Gasteiger partial charge < -0.3 is 10.2 Å². The van der Waals surface area contributed by atoms with Gasteiger partial charge in [0.1, 0.15) is 0 Å². The van der Waals surface area contributed by atoms with Crippen LogP contribution in [0, 0.1) is 0 Å². The highest BCUT2D eigenvalue weighted by molar-refractivity contribution is 7.99. The second-order valence-corrected chi connectivity index (χ2v) is 6.93. The lowest BCUT2D eigenvalue weighted by Gasteiger charge is -2.05. The van der Waals surface area contributed by atoms with Crippen LogP contribution < -0.4 is 0 Å². The van der Waals surface area contributed by atoms with Gasteiger partial charge in [0.25, 0.3) is 0 Å². The Morgan fingerprint density at radius 3 is 1.22 bits per heavy atom. The van der Waals surface area contributed by atoms with Crippen molar-refractivity contribution in [2.75, 3.05) is 0 Å². The first-order valence-electron chi connectivity index (χ1n) is 8.23. The molecule has 0 saturated carbocycles. The molecule has 0 aliphatic carbocycles. The van der Waals surface area contributed by atoms with Gasteiger partial charge in [0.15, 0.2) is 11.6 Å². The highest BCUT2D eigenvalue weighted by Crippen LogP contribution is 2.28. The van der Waals surface area contributed by atoms with E-state index in [4.69, 9.17) is 10.2 Å². The fourth-order valence-electron chi connectivity index (χ4n) is 2.28. The van der Waals surface area contributed by atoms with Gasteiger partial charge >= 0.3 is 11.9 Å². The minimum absolute atomic E-state index is 0.0286. The molecule has 0 radical (unpaired) electrons. The third-order valence-electron chi connectivity index (χ3n) is 3.72. The molecule has 0 spiro atoms. The van der Waals surface area contributed by atoms with Crippen molar-refractivity contribution in [3.05, 3.63) is 59.7 Å². The molecule has 0 fully saturated rings. The van der Waals surface area contributed by atoms with E-state index in [1.165, 1.54) is 11.8 Å². The van der Waals surface area contributed by atoms with Crippen LogP contribution in [-0.4, -0.2) is 33.7 Å². The maximum Gasteiger partial charge on any atom is 0.303 e. The summed E-state index contributed by atoms with van der Waals surface area (Å²) in [6.07, 6.45) is -0.432. The lowest BCUT2D eigenvalue weighted by atomic mass is 10.1. The Morgan fingerprint density at radius 1 is 0.593 bits per heavy atom. The van der Waals surface area contributed by atoms with Gasteiger partial charge in [-0.1, -0.05) is 36.0 Å². The summed E-state index contributed by atoms with van der Waals surface area (Å²) < 4.78 is 0. The van der Waals surface area contributed by atoms with Gasteiger partial charge in [-0.05, 0) is 24.3 Å². The number of aliphatic carboxylic acids is 2. The zero-order valence-electron chi connectivity index (χ0n) is 14.4. The predicted octanol–water partition coefficient (Wildman–Crippen LogP) is 3.93. The Labute approximate surface area is 160 Å². The van der Waals surface area contributed by atoms with E-state index < -0.39 is 11.9 Å². The van der Waals surface area contributed by atoms with Crippen molar-refractivity contribution in [1.82, 2.24) is 0 Å². The maximum atomic E-state index is 11.9. The van der Waals surface area contributed by atoms with Crippen molar-refractivity contribution in [3.63, 3.8) is 0 Å². The number of carbonyl (C=O) groups excluding carboxylic acids is 2. The van der Waals surface area contributed by atoms with Crippen LogP contribution in [-0.2, 0) is 9.59 Å². The van der Waals surface area contributed by atoms with E-state index in [9.17, 15) is 19.2 Å². The molecular formula is C20H18O6S. The Morgan fingerprint density at radius 2 is 0.926 bits per heavy atom. The predicted molar refractivity (Wildman–Crippen MR) is 99.4 cm³/mol. The van der Waals surface area contributed by atoms with E-state index in [-0.39, 0.29) is 37.2 Å². The van der Waals surface area contributed by atoms with E-state index in [0.29, 0.717) is 11.1 Å². The number of rotatable bonds is 10. The average Bonchev–Trinajstić information content (AvgIpc) is 2.65. The highest BCUT2D eigenvalue weighted by Gasteiger charge is 2.10. The molecule has 0 amide bonds.